The Hall–Kier alpha value is -1.06. The second-order valence-corrected chi connectivity index (χ2v) is 2.99. The lowest BCUT2D eigenvalue weighted by atomic mass is 10.0. The van der Waals surface area contributed by atoms with Gasteiger partial charge >= 0.3 is 0 Å². The molecule has 0 saturated heterocycles. The summed E-state index contributed by atoms with van der Waals surface area (Å²) < 4.78 is 4.85. The number of rotatable bonds is 3. The Kier molecular flexibility index (Phi) is 2.68. The van der Waals surface area contributed by atoms with E-state index in [4.69, 9.17) is 4.74 Å². The standard InChI is InChI=1S/C8H13NO3/c1-9-7(11)8(12-6-10)4-2-3-5-8/h6H,2-5H2,1H3,(H,9,11). The van der Waals surface area contributed by atoms with Crippen LogP contribution in [-0.2, 0) is 14.3 Å². The van der Waals surface area contributed by atoms with Crippen LogP contribution in [0.5, 0.6) is 0 Å². The second kappa shape index (κ2) is 3.56. The van der Waals surface area contributed by atoms with Crippen LogP contribution < -0.4 is 5.32 Å². The van der Waals surface area contributed by atoms with Gasteiger partial charge in [-0.1, -0.05) is 0 Å². The molecule has 0 spiro atoms. The first-order valence-corrected chi connectivity index (χ1v) is 4.09. The molecule has 1 amide bonds. The van der Waals surface area contributed by atoms with E-state index in [0.29, 0.717) is 19.3 Å². The van der Waals surface area contributed by atoms with Crippen LogP contribution in [0.4, 0.5) is 0 Å². The van der Waals surface area contributed by atoms with Crippen LogP contribution in [0, 0.1) is 0 Å². The smallest absolute Gasteiger partial charge is 0.294 e. The van der Waals surface area contributed by atoms with Crippen molar-refractivity contribution in [1.29, 1.82) is 0 Å². The first-order chi connectivity index (χ1) is 5.75. The Bertz CT molecular complexity index is 185. The predicted molar refractivity (Wildman–Crippen MR) is 42.4 cm³/mol. The highest BCUT2D eigenvalue weighted by Gasteiger charge is 2.42. The molecule has 12 heavy (non-hydrogen) atoms. The number of likely N-dealkylation sites (N-methyl/N-ethyl adjacent to an activating group) is 1. The molecule has 1 rings (SSSR count). The predicted octanol–water partition coefficient (Wildman–Crippen LogP) is 0.218. The number of nitrogens with one attached hydrogen (secondary N) is 1. The molecule has 4 heteroatoms. The highest BCUT2D eigenvalue weighted by Crippen LogP contribution is 2.32. The van der Waals surface area contributed by atoms with Gasteiger partial charge in [0.15, 0.2) is 5.60 Å². The Morgan fingerprint density at radius 3 is 2.50 bits per heavy atom. The largest absolute Gasteiger partial charge is 0.451 e. The third kappa shape index (κ3) is 1.42. The second-order valence-electron chi connectivity index (χ2n) is 2.99. The zero-order valence-electron chi connectivity index (χ0n) is 7.13. The summed E-state index contributed by atoms with van der Waals surface area (Å²) >= 11 is 0. The summed E-state index contributed by atoms with van der Waals surface area (Å²) in [6, 6.07) is 0. The number of ether oxygens (including phenoxy) is 1. The fraction of sp³-hybridized carbons (Fsp3) is 0.750. The molecule has 4 nitrogen and oxygen atoms in total. The maximum absolute atomic E-state index is 11.3. The third-order valence-electron chi connectivity index (χ3n) is 2.33. The third-order valence-corrected chi connectivity index (χ3v) is 2.33. The van der Waals surface area contributed by atoms with Crippen LogP contribution in [0.2, 0.25) is 0 Å². The van der Waals surface area contributed by atoms with Gasteiger partial charge in [0.1, 0.15) is 0 Å². The minimum absolute atomic E-state index is 0.188. The van der Waals surface area contributed by atoms with Gasteiger partial charge in [0.25, 0.3) is 12.4 Å². The Balaban J connectivity index is 2.70. The minimum Gasteiger partial charge on any atom is -0.451 e. The van der Waals surface area contributed by atoms with Gasteiger partial charge in [-0.3, -0.25) is 9.59 Å². The van der Waals surface area contributed by atoms with Gasteiger partial charge in [0, 0.05) is 7.05 Å². The summed E-state index contributed by atoms with van der Waals surface area (Å²) in [5.41, 5.74) is -0.865. The molecule has 0 unspecified atom stereocenters. The first kappa shape index (κ1) is 9.03. The lowest BCUT2D eigenvalue weighted by Gasteiger charge is -2.24. The van der Waals surface area contributed by atoms with E-state index in [1.54, 1.807) is 7.05 Å². The van der Waals surface area contributed by atoms with E-state index in [1.165, 1.54) is 0 Å². The molecule has 0 heterocycles. The summed E-state index contributed by atoms with van der Waals surface area (Å²) in [7, 11) is 1.55. The summed E-state index contributed by atoms with van der Waals surface area (Å²) in [5.74, 6) is -0.188. The van der Waals surface area contributed by atoms with E-state index in [2.05, 4.69) is 5.32 Å². The van der Waals surface area contributed by atoms with Crippen molar-refractivity contribution < 1.29 is 14.3 Å². The van der Waals surface area contributed by atoms with Gasteiger partial charge in [-0.05, 0) is 25.7 Å². The zero-order valence-corrected chi connectivity index (χ0v) is 7.13. The molecular formula is C8H13NO3. The van der Waals surface area contributed by atoms with Crippen molar-refractivity contribution >= 4 is 12.4 Å². The van der Waals surface area contributed by atoms with E-state index in [1.807, 2.05) is 0 Å². The normalized spacial score (nSPS) is 20.1. The molecule has 1 saturated carbocycles. The number of hydrogen-bond acceptors (Lipinski definition) is 3. The van der Waals surface area contributed by atoms with Crippen molar-refractivity contribution in [2.24, 2.45) is 0 Å². The van der Waals surface area contributed by atoms with Crippen LogP contribution in [-0.4, -0.2) is 25.0 Å². The van der Waals surface area contributed by atoms with Gasteiger partial charge in [0.05, 0.1) is 0 Å². The average Bonchev–Trinajstić information content (AvgIpc) is 2.53. The monoisotopic (exact) mass is 171 g/mol. The van der Waals surface area contributed by atoms with Crippen molar-refractivity contribution in [3.8, 4) is 0 Å². The molecule has 0 atom stereocenters. The van der Waals surface area contributed by atoms with Crippen LogP contribution in [0.3, 0.4) is 0 Å². The van der Waals surface area contributed by atoms with Crippen molar-refractivity contribution in [3.05, 3.63) is 0 Å². The van der Waals surface area contributed by atoms with Crippen LogP contribution in [0.1, 0.15) is 25.7 Å². The SMILES string of the molecule is CNC(=O)C1(OC=O)CCCC1. The topological polar surface area (TPSA) is 55.4 Å². The number of carbonyl (C=O) groups is 2. The van der Waals surface area contributed by atoms with Gasteiger partial charge in [-0.2, -0.15) is 0 Å². The zero-order chi connectivity index (χ0) is 9.03. The first-order valence-electron chi connectivity index (χ1n) is 4.09. The fourth-order valence-corrected chi connectivity index (χ4v) is 1.66. The van der Waals surface area contributed by atoms with E-state index in [0.717, 1.165) is 12.8 Å². The molecular weight excluding hydrogens is 158 g/mol. The lowest BCUT2D eigenvalue weighted by molar-refractivity contribution is -0.157. The Morgan fingerprint density at radius 2 is 2.08 bits per heavy atom. The van der Waals surface area contributed by atoms with E-state index >= 15 is 0 Å². The quantitative estimate of drug-likeness (QED) is 0.618. The molecule has 1 aliphatic rings. The molecule has 1 aliphatic carbocycles. The molecule has 0 radical (unpaired) electrons. The molecule has 0 aromatic heterocycles. The molecule has 0 aromatic rings. The van der Waals surface area contributed by atoms with Gasteiger partial charge in [0.2, 0.25) is 0 Å². The summed E-state index contributed by atoms with van der Waals surface area (Å²) in [4.78, 5) is 21.5. The maximum Gasteiger partial charge on any atom is 0.294 e. The molecule has 1 N–H and O–H groups in total. The molecule has 68 valence electrons. The van der Waals surface area contributed by atoms with Gasteiger partial charge < -0.3 is 10.1 Å². The lowest BCUT2D eigenvalue weighted by Crippen LogP contribution is -2.45. The molecule has 0 aromatic carbocycles. The molecule has 0 aliphatic heterocycles. The van der Waals surface area contributed by atoms with Gasteiger partial charge in [-0.25, -0.2) is 0 Å². The van der Waals surface area contributed by atoms with Crippen LogP contribution in [0.15, 0.2) is 0 Å². The summed E-state index contributed by atoms with van der Waals surface area (Å²) in [6.45, 7) is 0.362. The molecule has 0 bridgehead atoms. The van der Waals surface area contributed by atoms with Crippen LogP contribution >= 0.6 is 0 Å². The number of hydrogen-bond donors (Lipinski definition) is 1. The van der Waals surface area contributed by atoms with E-state index in [9.17, 15) is 9.59 Å². The highest BCUT2D eigenvalue weighted by molar-refractivity contribution is 5.86. The fourth-order valence-electron chi connectivity index (χ4n) is 1.66. The average molecular weight is 171 g/mol. The summed E-state index contributed by atoms with van der Waals surface area (Å²) in [5, 5.41) is 2.51. The van der Waals surface area contributed by atoms with E-state index in [-0.39, 0.29) is 5.91 Å². The Labute approximate surface area is 71.3 Å². The highest BCUT2D eigenvalue weighted by atomic mass is 16.5. The summed E-state index contributed by atoms with van der Waals surface area (Å²) in [6.07, 6.45) is 3.18. The molecule has 1 fully saturated rings. The Morgan fingerprint density at radius 1 is 1.50 bits per heavy atom. The minimum atomic E-state index is -0.865. The number of amides is 1. The van der Waals surface area contributed by atoms with Crippen molar-refractivity contribution in [2.45, 2.75) is 31.3 Å². The van der Waals surface area contributed by atoms with Crippen LogP contribution in [0.25, 0.3) is 0 Å². The van der Waals surface area contributed by atoms with Crippen molar-refractivity contribution in [1.82, 2.24) is 5.32 Å². The van der Waals surface area contributed by atoms with Crippen molar-refractivity contribution in [2.75, 3.05) is 7.05 Å². The van der Waals surface area contributed by atoms with Crippen molar-refractivity contribution in [3.63, 3.8) is 0 Å². The maximum atomic E-state index is 11.3. The van der Waals surface area contributed by atoms with Gasteiger partial charge in [-0.15, -0.1) is 0 Å². The number of carbonyl (C=O) groups excluding carboxylic acids is 2. The van der Waals surface area contributed by atoms with E-state index < -0.39 is 5.60 Å².